The summed E-state index contributed by atoms with van der Waals surface area (Å²) in [6, 6.07) is 0.766. The quantitative estimate of drug-likeness (QED) is 0.689. The van der Waals surface area contributed by atoms with Gasteiger partial charge in [-0.1, -0.05) is 40.0 Å². The Balaban J connectivity index is 2.04. The molecule has 0 bridgehead atoms. The number of nitrogens with one attached hydrogen (secondary N) is 1. The Labute approximate surface area is 141 Å². The van der Waals surface area contributed by atoms with Crippen molar-refractivity contribution in [1.82, 2.24) is 5.32 Å². The molecule has 1 N–H and O–H groups in total. The van der Waals surface area contributed by atoms with Crippen molar-refractivity contribution in [3.05, 3.63) is 0 Å². The van der Waals surface area contributed by atoms with E-state index in [9.17, 15) is 0 Å². The van der Waals surface area contributed by atoms with Crippen molar-refractivity contribution >= 4 is 23.5 Å². The van der Waals surface area contributed by atoms with E-state index in [0.29, 0.717) is 0 Å². The van der Waals surface area contributed by atoms with Crippen LogP contribution in [0.5, 0.6) is 0 Å². The van der Waals surface area contributed by atoms with Gasteiger partial charge in [0.25, 0.3) is 0 Å². The van der Waals surface area contributed by atoms with Gasteiger partial charge in [0.1, 0.15) is 0 Å². The fourth-order valence-corrected chi connectivity index (χ4v) is 7.51. The topological polar surface area (TPSA) is 12.0 Å². The second kappa shape index (κ2) is 9.72. The molecule has 5 atom stereocenters. The molecule has 0 amide bonds. The Kier molecular flexibility index (Phi) is 8.34. The Morgan fingerprint density at radius 3 is 2.57 bits per heavy atom. The Hall–Kier alpha value is 0.660. The number of thioether (sulfide) groups is 2. The predicted molar refractivity (Wildman–Crippen MR) is 101 cm³/mol. The molecule has 1 aliphatic heterocycles. The largest absolute Gasteiger partial charge is 0.313 e. The van der Waals surface area contributed by atoms with Gasteiger partial charge in [0.2, 0.25) is 0 Å². The van der Waals surface area contributed by atoms with E-state index in [1.807, 2.05) is 0 Å². The lowest BCUT2D eigenvalue weighted by molar-refractivity contribution is 0.204. The second-order valence-electron chi connectivity index (χ2n) is 6.83. The first-order valence-corrected chi connectivity index (χ1v) is 11.4. The zero-order chi connectivity index (χ0) is 15.1. The molecular weight excluding hydrogens is 294 g/mol. The lowest BCUT2D eigenvalue weighted by atomic mass is 9.75. The molecule has 0 spiro atoms. The van der Waals surface area contributed by atoms with Crippen molar-refractivity contribution < 1.29 is 0 Å². The minimum atomic E-state index is 0.766. The van der Waals surface area contributed by atoms with Crippen LogP contribution in [0.2, 0.25) is 0 Å². The van der Waals surface area contributed by atoms with E-state index in [2.05, 4.69) is 49.6 Å². The van der Waals surface area contributed by atoms with Crippen molar-refractivity contribution in [1.29, 1.82) is 0 Å². The van der Waals surface area contributed by atoms with Crippen LogP contribution in [0.4, 0.5) is 0 Å². The Bertz CT molecular complexity index is 284. The van der Waals surface area contributed by atoms with Gasteiger partial charge in [-0.15, -0.1) is 0 Å². The fourth-order valence-electron chi connectivity index (χ4n) is 4.16. The standard InChI is InChI=1S/C18H35NS2/c1-4-10-19-17(15-9-7-8-14(5-2)13-15)18-16(6-3)20-11-12-21-18/h14-19H,4-13H2,1-3H3. The average Bonchev–Trinajstić information content (AvgIpc) is 2.56. The molecule has 21 heavy (non-hydrogen) atoms. The second-order valence-corrected chi connectivity index (χ2v) is 9.47. The third kappa shape index (κ3) is 5.07. The molecular formula is C18H35NS2. The lowest BCUT2D eigenvalue weighted by Gasteiger charge is -2.43. The van der Waals surface area contributed by atoms with E-state index in [1.54, 1.807) is 0 Å². The highest BCUT2D eigenvalue weighted by atomic mass is 32.2. The molecule has 0 radical (unpaired) electrons. The molecule has 0 aromatic carbocycles. The number of rotatable bonds is 7. The van der Waals surface area contributed by atoms with Gasteiger partial charge >= 0.3 is 0 Å². The third-order valence-electron chi connectivity index (χ3n) is 5.39. The van der Waals surface area contributed by atoms with Crippen LogP contribution in [0.3, 0.4) is 0 Å². The Morgan fingerprint density at radius 2 is 1.86 bits per heavy atom. The van der Waals surface area contributed by atoms with Gasteiger partial charge in [-0.3, -0.25) is 0 Å². The van der Waals surface area contributed by atoms with Gasteiger partial charge in [-0.05, 0) is 44.1 Å². The summed E-state index contributed by atoms with van der Waals surface area (Å²) in [4.78, 5) is 0. The highest BCUT2D eigenvalue weighted by molar-refractivity contribution is 8.07. The molecule has 1 aliphatic carbocycles. The monoisotopic (exact) mass is 329 g/mol. The third-order valence-corrected chi connectivity index (χ3v) is 8.76. The summed E-state index contributed by atoms with van der Waals surface area (Å²) in [5.41, 5.74) is 0. The molecule has 2 rings (SSSR count). The van der Waals surface area contributed by atoms with E-state index < -0.39 is 0 Å². The predicted octanol–water partition coefficient (Wildman–Crippen LogP) is 5.20. The van der Waals surface area contributed by atoms with Crippen LogP contribution in [0, 0.1) is 11.8 Å². The SMILES string of the molecule is CCCNC(C1CCCC(CC)C1)C1SCCSC1CC. The molecule has 124 valence electrons. The van der Waals surface area contributed by atoms with E-state index in [-0.39, 0.29) is 0 Å². The van der Waals surface area contributed by atoms with E-state index in [0.717, 1.165) is 28.4 Å². The molecule has 3 heteroatoms. The molecule has 0 aromatic heterocycles. The summed E-state index contributed by atoms with van der Waals surface area (Å²) in [6.45, 7) is 8.29. The molecule has 2 aliphatic rings. The summed E-state index contributed by atoms with van der Waals surface area (Å²) in [5, 5.41) is 5.71. The summed E-state index contributed by atoms with van der Waals surface area (Å²) in [5.74, 6) is 4.65. The van der Waals surface area contributed by atoms with Gasteiger partial charge in [0.05, 0.1) is 0 Å². The smallest absolute Gasteiger partial charge is 0.0322 e. The maximum atomic E-state index is 3.98. The van der Waals surface area contributed by atoms with Crippen LogP contribution in [0.25, 0.3) is 0 Å². The first-order chi connectivity index (χ1) is 10.3. The Morgan fingerprint density at radius 1 is 1.05 bits per heavy atom. The summed E-state index contributed by atoms with van der Waals surface area (Å²) >= 11 is 4.52. The maximum Gasteiger partial charge on any atom is 0.0322 e. The minimum absolute atomic E-state index is 0.766. The van der Waals surface area contributed by atoms with Crippen molar-refractivity contribution in [3.63, 3.8) is 0 Å². The van der Waals surface area contributed by atoms with Crippen LogP contribution in [-0.4, -0.2) is 34.6 Å². The highest BCUT2D eigenvalue weighted by Crippen LogP contribution is 2.41. The number of hydrogen-bond donors (Lipinski definition) is 1. The van der Waals surface area contributed by atoms with Gasteiger partial charge < -0.3 is 5.32 Å². The van der Waals surface area contributed by atoms with Crippen LogP contribution in [-0.2, 0) is 0 Å². The van der Waals surface area contributed by atoms with Gasteiger partial charge in [0.15, 0.2) is 0 Å². The van der Waals surface area contributed by atoms with Crippen molar-refractivity contribution in [3.8, 4) is 0 Å². The van der Waals surface area contributed by atoms with E-state index in [4.69, 9.17) is 0 Å². The molecule has 1 saturated carbocycles. The van der Waals surface area contributed by atoms with Crippen molar-refractivity contribution in [2.24, 2.45) is 11.8 Å². The average molecular weight is 330 g/mol. The fraction of sp³-hybridized carbons (Fsp3) is 1.00. The zero-order valence-electron chi connectivity index (χ0n) is 14.3. The van der Waals surface area contributed by atoms with Crippen LogP contribution in [0.1, 0.15) is 65.7 Å². The van der Waals surface area contributed by atoms with Crippen LogP contribution in [0.15, 0.2) is 0 Å². The highest BCUT2D eigenvalue weighted by Gasteiger charge is 2.37. The minimum Gasteiger partial charge on any atom is -0.313 e. The van der Waals surface area contributed by atoms with Gasteiger partial charge in [0, 0.05) is 28.0 Å². The van der Waals surface area contributed by atoms with E-state index >= 15 is 0 Å². The molecule has 1 heterocycles. The number of hydrogen-bond acceptors (Lipinski definition) is 3. The van der Waals surface area contributed by atoms with Crippen LogP contribution < -0.4 is 5.32 Å². The first kappa shape index (κ1) is 18.0. The first-order valence-electron chi connectivity index (χ1n) is 9.26. The summed E-state index contributed by atoms with van der Waals surface area (Å²) < 4.78 is 0. The van der Waals surface area contributed by atoms with Crippen molar-refractivity contribution in [2.45, 2.75) is 82.3 Å². The van der Waals surface area contributed by atoms with Crippen molar-refractivity contribution in [2.75, 3.05) is 18.1 Å². The van der Waals surface area contributed by atoms with E-state index in [1.165, 1.54) is 63.0 Å². The normalized spacial score (nSPS) is 35.6. The zero-order valence-corrected chi connectivity index (χ0v) is 15.9. The molecule has 1 saturated heterocycles. The van der Waals surface area contributed by atoms with Crippen LogP contribution >= 0.6 is 23.5 Å². The molecule has 5 unspecified atom stereocenters. The summed E-state index contributed by atoms with van der Waals surface area (Å²) in [6.07, 6.45) is 9.90. The van der Waals surface area contributed by atoms with Gasteiger partial charge in [-0.2, -0.15) is 23.5 Å². The maximum absolute atomic E-state index is 3.98. The molecule has 2 fully saturated rings. The summed E-state index contributed by atoms with van der Waals surface area (Å²) in [7, 11) is 0. The lowest BCUT2D eigenvalue weighted by Crippen LogP contribution is -2.50. The molecule has 0 aromatic rings. The van der Waals surface area contributed by atoms with Gasteiger partial charge in [-0.25, -0.2) is 0 Å². The molecule has 1 nitrogen and oxygen atoms in total.